The molecule has 1 aromatic carbocycles. The molecule has 2 heterocycles. The maximum atomic E-state index is 5.80. The van der Waals surface area contributed by atoms with Crippen LogP contribution >= 0.6 is 0 Å². The molecular weight excluding hydrogens is 292 g/mol. The molecule has 0 aromatic heterocycles. The molecule has 4 heteroatoms. The van der Waals surface area contributed by atoms with Crippen molar-refractivity contribution in [2.24, 2.45) is 0 Å². The third-order valence-electron chi connectivity index (χ3n) is 4.89. The highest BCUT2D eigenvalue weighted by Crippen LogP contribution is 2.42. The molecule has 126 valence electrons. The molecule has 0 saturated carbocycles. The van der Waals surface area contributed by atoms with Gasteiger partial charge >= 0.3 is 0 Å². The predicted octanol–water partition coefficient (Wildman–Crippen LogP) is 4.48. The minimum atomic E-state index is 0.127. The van der Waals surface area contributed by atoms with E-state index in [4.69, 9.17) is 18.9 Å². The van der Waals surface area contributed by atoms with Gasteiger partial charge in [-0.2, -0.15) is 0 Å². The maximum absolute atomic E-state index is 5.80. The summed E-state index contributed by atoms with van der Waals surface area (Å²) in [6.45, 7) is 7.46. The summed E-state index contributed by atoms with van der Waals surface area (Å²) in [5.74, 6) is 2.35. The molecule has 2 aliphatic heterocycles. The molecule has 1 aromatic rings. The van der Waals surface area contributed by atoms with Crippen LogP contribution in [0.3, 0.4) is 0 Å². The van der Waals surface area contributed by atoms with Gasteiger partial charge in [-0.05, 0) is 50.8 Å². The number of hydrogen-bond donors (Lipinski definition) is 0. The van der Waals surface area contributed by atoms with Gasteiger partial charge in [-0.25, -0.2) is 0 Å². The van der Waals surface area contributed by atoms with Crippen molar-refractivity contribution >= 4 is 0 Å². The molecule has 3 rings (SSSR count). The highest BCUT2D eigenvalue weighted by atomic mass is 16.7. The lowest BCUT2D eigenvalue weighted by molar-refractivity contribution is 0.174. The lowest BCUT2D eigenvalue weighted by atomic mass is 9.98. The number of ether oxygens (including phenoxy) is 4. The Hall–Kier alpha value is -1.68. The first kappa shape index (κ1) is 16.2. The van der Waals surface area contributed by atoms with Gasteiger partial charge in [-0.1, -0.05) is 19.4 Å². The van der Waals surface area contributed by atoms with E-state index in [2.05, 4.69) is 26.8 Å². The van der Waals surface area contributed by atoms with Gasteiger partial charge < -0.3 is 18.9 Å². The zero-order chi connectivity index (χ0) is 16.3. The van der Waals surface area contributed by atoms with E-state index >= 15 is 0 Å². The second-order valence-electron chi connectivity index (χ2n) is 6.35. The summed E-state index contributed by atoms with van der Waals surface area (Å²) in [6.07, 6.45) is 6.96. The summed E-state index contributed by atoms with van der Waals surface area (Å²) in [5.41, 5.74) is 1.56. The fourth-order valence-electron chi connectivity index (χ4n) is 2.93. The lowest BCUT2D eigenvalue weighted by Crippen LogP contribution is -2.07. The van der Waals surface area contributed by atoms with E-state index in [1.807, 2.05) is 18.2 Å². The van der Waals surface area contributed by atoms with E-state index in [9.17, 15) is 0 Å². The Morgan fingerprint density at radius 2 is 2.13 bits per heavy atom. The Morgan fingerprint density at radius 3 is 2.87 bits per heavy atom. The number of rotatable bonds is 8. The van der Waals surface area contributed by atoms with Crippen LogP contribution in [0.4, 0.5) is 0 Å². The van der Waals surface area contributed by atoms with Gasteiger partial charge in [0, 0.05) is 6.07 Å². The fraction of sp³-hybridized carbons (Fsp3) is 0.579. The van der Waals surface area contributed by atoms with Crippen molar-refractivity contribution in [1.29, 1.82) is 0 Å². The molecule has 2 unspecified atom stereocenters. The number of fused-ring (bicyclic) bond motifs is 1. The summed E-state index contributed by atoms with van der Waals surface area (Å²) in [5, 5.41) is 0. The third-order valence-corrected chi connectivity index (χ3v) is 4.89. The van der Waals surface area contributed by atoms with Crippen molar-refractivity contribution < 1.29 is 18.9 Å². The molecule has 2 atom stereocenters. The first-order valence-electron chi connectivity index (χ1n) is 8.52. The molecule has 1 fully saturated rings. The molecule has 0 aliphatic carbocycles. The van der Waals surface area contributed by atoms with Gasteiger partial charge in [0.1, 0.15) is 12.4 Å². The van der Waals surface area contributed by atoms with Crippen LogP contribution in [0.1, 0.15) is 46.5 Å². The van der Waals surface area contributed by atoms with E-state index in [0.717, 1.165) is 42.9 Å². The van der Waals surface area contributed by atoms with Gasteiger partial charge in [-0.15, -0.1) is 0 Å². The average molecular weight is 318 g/mol. The van der Waals surface area contributed by atoms with Gasteiger partial charge in [0.2, 0.25) is 6.79 Å². The third kappa shape index (κ3) is 3.81. The molecule has 1 saturated heterocycles. The average Bonchev–Trinajstić information content (AvgIpc) is 3.01. The van der Waals surface area contributed by atoms with Crippen molar-refractivity contribution in [2.75, 3.05) is 13.4 Å². The van der Waals surface area contributed by atoms with Crippen LogP contribution in [0.25, 0.3) is 0 Å². The van der Waals surface area contributed by atoms with Crippen molar-refractivity contribution in [2.45, 2.75) is 58.2 Å². The van der Waals surface area contributed by atoms with E-state index in [1.54, 1.807) is 0 Å². The van der Waals surface area contributed by atoms with Crippen LogP contribution in [0.5, 0.6) is 17.2 Å². The topological polar surface area (TPSA) is 40.2 Å². The van der Waals surface area contributed by atoms with Crippen molar-refractivity contribution in [3.63, 3.8) is 0 Å². The Labute approximate surface area is 138 Å². The predicted molar refractivity (Wildman–Crippen MR) is 89.2 cm³/mol. The minimum Gasteiger partial charge on any atom is -0.489 e. The maximum Gasteiger partial charge on any atom is 0.231 e. The van der Waals surface area contributed by atoms with Gasteiger partial charge in [-0.3, -0.25) is 0 Å². The largest absolute Gasteiger partial charge is 0.489 e. The summed E-state index contributed by atoms with van der Waals surface area (Å²) >= 11 is 0. The van der Waals surface area contributed by atoms with Crippen LogP contribution in [-0.4, -0.2) is 25.1 Å². The standard InChI is InChI=1S/C19H26O4/c1-4-14(6-9-18-19(3,5-2)23-18)10-11-20-15-7-8-16-17(12-15)22-13-21-16/h7-8,10,12,18H,4-6,9,11,13H2,1-3H3/b14-10+. The Balaban J connectivity index is 1.46. The number of epoxide rings is 1. The molecule has 2 aliphatic rings. The zero-order valence-corrected chi connectivity index (χ0v) is 14.3. The molecule has 23 heavy (non-hydrogen) atoms. The molecular formula is C19H26O4. The molecule has 0 radical (unpaired) electrons. The van der Waals surface area contributed by atoms with Gasteiger partial charge in [0.15, 0.2) is 11.5 Å². The van der Waals surface area contributed by atoms with E-state index < -0.39 is 0 Å². The SMILES string of the molecule is CC/C(=C\COc1ccc2c(c1)OCO2)CCC1OC1(C)CC. The van der Waals surface area contributed by atoms with Crippen molar-refractivity contribution in [3.8, 4) is 17.2 Å². The van der Waals surface area contributed by atoms with E-state index in [1.165, 1.54) is 5.57 Å². The molecule has 0 N–H and O–H groups in total. The van der Waals surface area contributed by atoms with Crippen LogP contribution in [0.2, 0.25) is 0 Å². The number of benzene rings is 1. The molecule has 4 nitrogen and oxygen atoms in total. The summed E-state index contributed by atoms with van der Waals surface area (Å²) < 4.78 is 22.2. The Morgan fingerprint density at radius 1 is 1.30 bits per heavy atom. The van der Waals surface area contributed by atoms with Crippen LogP contribution in [-0.2, 0) is 4.74 Å². The van der Waals surface area contributed by atoms with Crippen molar-refractivity contribution in [3.05, 3.63) is 29.8 Å². The van der Waals surface area contributed by atoms with Gasteiger partial charge in [0.05, 0.1) is 11.7 Å². The van der Waals surface area contributed by atoms with Gasteiger partial charge in [0.25, 0.3) is 0 Å². The van der Waals surface area contributed by atoms with Crippen molar-refractivity contribution in [1.82, 2.24) is 0 Å². The van der Waals surface area contributed by atoms with Crippen LogP contribution in [0.15, 0.2) is 29.8 Å². The normalized spacial score (nSPS) is 25.5. The zero-order valence-electron chi connectivity index (χ0n) is 14.3. The minimum absolute atomic E-state index is 0.127. The molecule has 0 bridgehead atoms. The quantitative estimate of drug-likeness (QED) is 0.523. The highest BCUT2D eigenvalue weighted by molar-refractivity contribution is 5.46. The highest BCUT2D eigenvalue weighted by Gasteiger charge is 2.49. The molecule has 0 amide bonds. The monoisotopic (exact) mass is 318 g/mol. The lowest BCUT2D eigenvalue weighted by Gasteiger charge is -2.07. The van der Waals surface area contributed by atoms with E-state index in [0.29, 0.717) is 19.5 Å². The van der Waals surface area contributed by atoms with E-state index in [-0.39, 0.29) is 5.60 Å². The smallest absolute Gasteiger partial charge is 0.231 e. The fourth-order valence-corrected chi connectivity index (χ4v) is 2.93. The Bertz CT molecular complexity index is 581. The molecule has 0 spiro atoms. The van der Waals surface area contributed by atoms with Crippen LogP contribution in [0, 0.1) is 0 Å². The Kier molecular flexibility index (Phi) is 4.81. The number of allylic oxidation sites excluding steroid dienone is 1. The summed E-state index contributed by atoms with van der Waals surface area (Å²) in [6, 6.07) is 5.68. The number of hydrogen-bond acceptors (Lipinski definition) is 4. The first-order valence-corrected chi connectivity index (χ1v) is 8.52. The summed E-state index contributed by atoms with van der Waals surface area (Å²) in [7, 11) is 0. The second-order valence-corrected chi connectivity index (χ2v) is 6.35. The summed E-state index contributed by atoms with van der Waals surface area (Å²) in [4.78, 5) is 0. The second kappa shape index (κ2) is 6.83. The van der Waals surface area contributed by atoms with Crippen LogP contribution < -0.4 is 14.2 Å². The first-order chi connectivity index (χ1) is 11.1.